The Bertz CT molecular complexity index is 906. The number of hydrogen-bond acceptors (Lipinski definition) is 6. The van der Waals surface area contributed by atoms with Crippen LogP contribution in [-0.2, 0) is 14.3 Å². The van der Waals surface area contributed by atoms with Crippen molar-refractivity contribution >= 4 is 34.7 Å². The second-order valence-corrected chi connectivity index (χ2v) is 8.23. The van der Waals surface area contributed by atoms with Crippen LogP contribution in [0, 0.1) is 0 Å². The average Bonchev–Trinajstić information content (AvgIpc) is 3.49. The van der Waals surface area contributed by atoms with E-state index in [1.54, 1.807) is 36.4 Å². The van der Waals surface area contributed by atoms with Gasteiger partial charge >= 0.3 is 0 Å². The summed E-state index contributed by atoms with van der Waals surface area (Å²) in [6.45, 7) is 3.38. The molecule has 8 heteroatoms. The van der Waals surface area contributed by atoms with Crippen LogP contribution in [0.1, 0.15) is 35.9 Å². The highest BCUT2D eigenvalue weighted by molar-refractivity contribution is 7.12. The molecule has 0 radical (unpaired) electrons. The van der Waals surface area contributed by atoms with E-state index in [9.17, 15) is 14.4 Å². The number of imide groups is 1. The molecule has 3 amide bonds. The molecule has 0 bridgehead atoms. The highest BCUT2D eigenvalue weighted by atomic mass is 32.1. The first-order valence-electron chi connectivity index (χ1n) is 10.1. The summed E-state index contributed by atoms with van der Waals surface area (Å²) < 4.78 is 11.1. The van der Waals surface area contributed by atoms with Gasteiger partial charge in [0.05, 0.1) is 29.7 Å². The number of benzene rings is 1. The molecule has 30 heavy (non-hydrogen) atoms. The van der Waals surface area contributed by atoms with E-state index in [-0.39, 0.29) is 30.2 Å². The fraction of sp³-hybridized carbons (Fsp3) is 0.409. The normalized spacial score (nSPS) is 21.3. The first-order chi connectivity index (χ1) is 14.6. The minimum atomic E-state index is -0.831. The molecule has 158 valence electrons. The Balaban J connectivity index is 1.58. The standard InChI is InChI=1S/C22H24N2O5S/c1-2-28-16-9-7-15(8-10-16)24-20(25)13-18(21(24)26)23(14-17-5-3-11-29-17)22(27)19-6-4-12-30-19/h4,6-10,12,17-18H,2-3,5,11,13-14H2,1H3. The summed E-state index contributed by atoms with van der Waals surface area (Å²) in [5.41, 5.74) is 0.483. The molecule has 1 aromatic carbocycles. The van der Waals surface area contributed by atoms with Gasteiger partial charge < -0.3 is 14.4 Å². The monoisotopic (exact) mass is 428 g/mol. The van der Waals surface area contributed by atoms with Gasteiger partial charge in [0.2, 0.25) is 5.91 Å². The van der Waals surface area contributed by atoms with E-state index in [2.05, 4.69) is 0 Å². The molecular weight excluding hydrogens is 404 g/mol. The van der Waals surface area contributed by atoms with Crippen molar-refractivity contribution in [1.82, 2.24) is 4.90 Å². The van der Waals surface area contributed by atoms with Crippen LogP contribution in [0.25, 0.3) is 0 Å². The summed E-state index contributed by atoms with van der Waals surface area (Å²) in [5, 5.41) is 1.82. The summed E-state index contributed by atoms with van der Waals surface area (Å²) >= 11 is 1.33. The molecule has 0 aliphatic carbocycles. The number of hydrogen-bond donors (Lipinski definition) is 0. The third kappa shape index (κ3) is 4.11. The predicted octanol–water partition coefficient (Wildman–Crippen LogP) is 3.10. The smallest absolute Gasteiger partial charge is 0.264 e. The summed E-state index contributed by atoms with van der Waals surface area (Å²) in [6, 6.07) is 9.55. The third-order valence-corrected chi connectivity index (χ3v) is 6.18. The molecular formula is C22H24N2O5S. The number of anilines is 1. The van der Waals surface area contributed by atoms with Gasteiger partial charge in [-0.25, -0.2) is 4.90 Å². The molecule has 0 spiro atoms. The van der Waals surface area contributed by atoms with E-state index < -0.39 is 6.04 Å². The quantitative estimate of drug-likeness (QED) is 0.634. The van der Waals surface area contributed by atoms with Crippen LogP contribution < -0.4 is 9.64 Å². The molecule has 2 unspecified atom stereocenters. The molecule has 0 saturated carbocycles. The van der Waals surface area contributed by atoms with Crippen molar-refractivity contribution in [2.45, 2.75) is 38.3 Å². The molecule has 2 aromatic rings. The van der Waals surface area contributed by atoms with E-state index in [1.165, 1.54) is 21.1 Å². The van der Waals surface area contributed by atoms with Crippen molar-refractivity contribution in [2.75, 3.05) is 24.7 Å². The van der Waals surface area contributed by atoms with E-state index >= 15 is 0 Å². The maximum atomic E-state index is 13.3. The second-order valence-electron chi connectivity index (χ2n) is 7.28. The lowest BCUT2D eigenvalue weighted by Gasteiger charge is -2.29. The minimum Gasteiger partial charge on any atom is -0.494 e. The number of amides is 3. The van der Waals surface area contributed by atoms with E-state index in [0.717, 1.165) is 12.8 Å². The maximum Gasteiger partial charge on any atom is 0.264 e. The van der Waals surface area contributed by atoms with Crippen LogP contribution in [0.4, 0.5) is 5.69 Å². The fourth-order valence-corrected chi connectivity index (χ4v) is 4.57. The third-order valence-electron chi connectivity index (χ3n) is 5.32. The Hall–Kier alpha value is -2.71. The van der Waals surface area contributed by atoms with Crippen LogP contribution in [-0.4, -0.2) is 54.5 Å². The molecule has 3 heterocycles. The first-order valence-corrected chi connectivity index (χ1v) is 11.0. The maximum absolute atomic E-state index is 13.3. The van der Waals surface area contributed by atoms with Gasteiger partial charge in [-0.2, -0.15) is 0 Å². The molecule has 7 nitrogen and oxygen atoms in total. The van der Waals surface area contributed by atoms with Gasteiger partial charge in [-0.15, -0.1) is 11.3 Å². The summed E-state index contributed by atoms with van der Waals surface area (Å²) in [4.78, 5) is 42.4. The zero-order chi connectivity index (χ0) is 21.1. The Labute approximate surface area is 179 Å². The molecule has 2 fully saturated rings. The lowest BCUT2D eigenvalue weighted by atomic mass is 10.1. The molecule has 2 saturated heterocycles. The first kappa shape index (κ1) is 20.6. The topological polar surface area (TPSA) is 76.2 Å². The zero-order valence-electron chi connectivity index (χ0n) is 16.8. The molecule has 0 N–H and O–H groups in total. The Morgan fingerprint density at radius 3 is 2.70 bits per heavy atom. The van der Waals surface area contributed by atoms with Crippen molar-refractivity contribution in [3.05, 3.63) is 46.7 Å². The highest BCUT2D eigenvalue weighted by Gasteiger charge is 2.45. The Kier molecular flexibility index (Phi) is 6.15. The van der Waals surface area contributed by atoms with E-state index in [1.807, 2.05) is 12.3 Å². The van der Waals surface area contributed by atoms with Crippen LogP contribution >= 0.6 is 11.3 Å². The van der Waals surface area contributed by atoms with Gasteiger partial charge in [0, 0.05) is 13.2 Å². The van der Waals surface area contributed by atoms with Gasteiger partial charge in [0.25, 0.3) is 11.8 Å². The van der Waals surface area contributed by atoms with Gasteiger partial charge in [-0.05, 0) is 55.5 Å². The predicted molar refractivity (Wildman–Crippen MR) is 113 cm³/mol. The van der Waals surface area contributed by atoms with Gasteiger partial charge in [0.1, 0.15) is 11.8 Å². The van der Waals surface area contributed by atoms with Gasteiger partial charge in [-0.3, -0.25) is 14.4 Å². The molecule has 2 atom stereocenters. The SMILES string of the molecule is CCOc1ccc(N2C(=O)CC(N(CC3CCCO3)C(=O)c3cccs3)C2=O)cc1. The van der Waals surface area contributed by atoms with Crippen LogP contribution in [0.5, 0.6) is 5.75 Å². The number of nitrogens with zero attached hydrogens (tertiary/aromatic N) is 2. The van der Waals surface area contributed by atoms with E-state index in [0.29, 0.717) is 36.1 Å². The Morgan fingerprint density at radius 1 is 1.27 bits per heavy atom. The largest absolute Gasteiger partial charge is 0.494 e. The summed E-state index contributed by atoms with van der Waals surface area (Å²) in [7, 11) is 0. The van der Waals surface area contributed by atoms with Crippen molar-refractivity contribution < 1.29 is 23.9 Å². The number of carbonyl (C=O) groups is 3. The number of thiophene rings is 1. The van der Waals surface area contributed by atoms with Gasteiger partial charge in [0.15, 0.2) is 0 Å². The van der Waals surface area contributed by atoms with Gasteiger partial charge in [-0.1, -0.05) is 6.07 Å². The highest BCUT2D eigenvalue weighted by Crippen LogP contribution is 2.29. The van der Waals surface area contributed by atoms with Crippen LogP contribution in [0.15, 0.2) is 41.8 Å². The molecule has 4 rings (SSSR count). The van der Waals surface area contributed by atoms with Crippen molar-refractivity contribution in [3.63, 3.8) is 0 Å². The summed E-state index contributed by atoms with van der Waals surface area (Å²) in [5.74, 6) is -0.262. The Morgan fingerprint density at radius 2 is 2.07 bits per heavy atom. The number of carbonyl (C=O) groups excluding carboxylic acids is 3. The van der Waals surface area contributed by atoms with Crippen molar-refractivity contribution in [3.8, 4) is 5.75 Å². The summed E-state index contributed by atoms with van der Waals surface area (Å²) in [6.07, 6.45) is 1.62. The molecule has 2 aliphatic rings. The number of ether oxygens (including phenoxy) is 2. The lowest BCUT2D eigenvalue weighted by Crippen LogP contribution is -2.48. The van der Waals surface area contributed by atoms with Crippen molar-refractivity contribution in [1.29, 1.82) is 0 Å². The van der Waals surface area contributed by atoms with E-state index in [4.69, 9.17) is 9.47 Å². The second kappa shape index (κ2) is 8.97. The molecule has 1 aromatic heterocycles. The van der Waals surface area contributed by atoms with Crippen LogP contribution in [0.3, 0.4) is 0 Å². The average molecular weight is 429 g/mol. The zero-order valence-corrected chi connectivity index (χ0v) is 17.6. The molecule has 2 aliphatic heterocycles. The van der Waals surface area contributed by atoms with Crippen LogP contribution in [0.2, 0.25) is 0 Å². The minimum absolute atomic E-state index is 0.0319. The van der Waals surface area contributed by atoms with Crippen molar-refractivity contribution in [2.24, 2.45) is 0 Å². The fourth-order valence-electron chi connectivity index (χ4n) is 3.89. The lowest BCUT2D eigenvalue weighted by molar-refractivity contribution is -0.122. The number of rotatable bonds is 7.